The van der Waals surface area contributed by atoms with Crippen molar-refractivity contribution >= 4 is 40.7 Å². The lowest BCUT2D eigenvalue weighted by Crippen LogP contribution is -2.39. The summed E-state index contributed by atoms with van der Waals surface area (Å²) in [6.45, 7) is 0. The molecule has 1 aromatic heterocycles. The molecule has 15 nitrogen and oxygen atoms in total. The number of nitrogens with zero attached hydrogens (tertiary/aromatic N) is 2. The van der Waals surface area contributed by atoms with Gasteiger partial charge < -0.3 is 35.2 Å². The maximum Gasteiger partial charge on any atom is 0.488 e. The van der Waals surface area contributed by atoms with Crippen LogP contribution in [0.1, 0.15) is 12.6 Å². The molecular formula is C11H16ClFN3O12P3. The van der Waals surface area contributed by atoms with Crippen molar-refractivity contribution in [2.45, 2.75) is 24.4 Å². The number of aromatic nitrogens is 2. The Bertz CT molecular complexity index is 1080. The standard InChI is InChI=1S/C11H16ClFN3O12P3/c12-5-11(4-7(13)29(19,20)27-31(24,25)28-30(21,22)23)6(17)3-9(26-11)16-2-1-8(14)15-10(16)18/h1-2,4,6,9,17H,3,5H2,(H,19,20)(H,24,25)(H2,14,15,18)(H2,21,22,23)/b7-4-/t6-,9+,11-/m0/s1. The molecule has 20 heteroatoms. The molecule has 176 valence electrons. The predicted molar refractivity (Wildman–Crippen MR) is 100 cm³/mol. The van der Waals surface area contributed by atoms with Crippen molar-refractivity contribution in [3.63, 3.8) is 0 Å². The Labute approximate surface area is 177 Å². The number of halogens is 2. The predicted octanol–water partition coefficient (Wildman–Crippen LogP) is 0.305. The lowest BCUT2D eigenvalue weighted by atomic mass is 9.99. The highest BCUT2D eigenvalue weighted by molar-refractivity contribution is 7.69. The maximum atomic E-state index is 14.5. The van der Waals surface area contributed by atoms with Crippen LogP contribution in [0.25, 0.3) is 0 Å². The fourth-order valence-corrected chi connectivity index (χ4v) is 6.08. The van der Waals surface area contributed by atoms with Gasteiger partial charge in [-0.1, -0.05) is 0 Å². The third-order valence-electron chi connectivity index (χ3n) is 3.77. The molecule has 0 aromatic carbocycles. The molecule has 0 amide bonds. The Kier molecular flexibility index (Phi) is 7.71. The van der Waals surface area contributed by atoms with E-state index in [4.69, 9.17) is 36.8 Å². The van der Waals surface area contributed by atoms with Crippen molar-refractivity contribution in [2.24, 2.45) is 0 Å². The molecule has 1 saturated heterocycles. The van der Waals surface area contributed by atoms with Crippen LogP contribution >= 0.6 is 34.8 Å². The SMILES string of the molecule is Nc1ccn([C@H]2C[C@H](O)[C@](/C=C(/F)P(=O)(O)OP(=O)(O)OP(=O)(O)O)(CCl)O2)c(=O)n1. The topological polar surface area (TPSA) is 241 Å². The molecule has 1 fully saturated rings. The Morgan fingerprint density at radius 2 is 2.00 bits per heavy atom. The number of aliphatic hydroxyl groups excluding tert-OH is 1. The molecular weight excluding hydrogens is 514 g/mol. The van der Waals surface area contributed by atoms with E-state index < -0.39 is 58.3 Å². The molecule has 7 N–H and O–H groups in total. The summed E-state index contributed by atoms with van der Waals surface area (Å²) >= 11 is 5.73. The summed E-state index contributed by atoms with van der Waals surface area (Å²) in [7, 11) is -17.4. The van der Waals surface area contributed by atoms with Crippen LogP contribution in [0, 0.1) is 0 Å². The average Bonchev–Trinajstić information content (AvgIpc) is 2.88. The summed E-state index contributed by atoms with van der Waals surface area (Å²) in [5, 5.41) is 10.3. The van der Waals surface area contributed by atoms with E-state index in [1.54, 1.807) is 0 Å². The van der Waals surface area contributed by atoms with E-state index in [-0.39, 0.29) is 18.3 Å². The normalized spacial score (nSPS) is 28.8. The number of hydrogen-bond donors (Lipinski definition) is 6. The number of alkyl halides is 1. The Morgan fingerprint density at radius 1 is 1.39 bits per heavy atom. The number of nitrogens with two attached hydrogens (primary N) is 1. The summed E-state index contributed by atoms with van der Waals surface area (Å²) < 4.78 is 61.7. The summed E-state index contributed by atoms with van der Waals surface area (Å²) in [6.07, 6.45) is -1.94. The van der Waals surface area contributed by atoms with Crippen LogP contribution in [0.2, 0.25) is 0 Å². The van der Waals surface area contributed by atoms with E-state index in [1.807, 2.05) is 0 Å². The number of rotatable bonds is 8. The lowest BCUT2D eigenvalue weighted by molar-refractivity contribution is -0.0590. The molecule has 5 atom stereocenters. The van der Waals surface area contributed by atoms with Gasteiger partial charge in [0.15, 0.2) is 0 Å². The van der Waals surface area contributed by atoms with Crippen molar-refractivity contribution in [3.8, 4) is 0 Å². The van der Waals surface area contributed by atoms with Gasteiger partial charge in [0.05, 0.1) is 12.0 Å². The second-order valence-electron chi connectivity index (χ2n) is 6.06. The van der Waals surface area contributed by atoms with Crippen molar-refractivity contribution in [3.05, 3.63) is 34.4 Å². The van der Waals surface area contributed by atoms with E-state index in [1.165, 1.54) is 6.07 Å². The van der Waals surface area contributed by atoms with Crippen LogP contribution in [-0.2, 0) is 27.1 Å². The van der Waals surface area contributed by atoms with Crippen molar-refractivity contribution < 1.29 is 56.1 Å². The molecule has 0 bridgehead atoms. The molecule has 31 heavy (non-hydrogen) atoms. The highest BCUT2D eigenvalue weighted by Crippen LogP contribution is 2.69. The highest BCUT2D eigenvalue weighted by Gasteiger charge is 2.50. The maximum absolute atomic E-state index is 14.5. The highest BCUT2D eigenvalue weighted by atomic mass is 35.5. The molecule has 2 heterocycles. The Morgan fingerprint density at radius 3 is 2.52 bits per heavy atom. The molecule has 0 spiro atoms. The van der Waals surface area contributed by atoms with Gasteiger partial charge in [0, 0.05) is 12.6 Å². The van der Waals surface area contributed by atoms with Gasteiger partial charge in [-0.15, -0.1) is 11.6 Å². The first-order valence-electron chi connectivity index (χ1n) is 7.79. The van der Waals surface area contributed by atoms with Gasteiger partial charge in [-0.05, 0) is 12.1 Å². The van der Waals surface area contributed by atoms with Gasteiger partial charge >= 0.3 is 28.9 Å². The second kappa shape index (κ2) is 9.10. The summed E-state index contributed by atoms with van der Waals surface area (Å²) in [4.78, 5) is 51.1. The largest absolute Gasteiger partial charge is 0.488 e. The van der Waals surface area contributed by atoms with Crippen LogP contribution in [0.5, 0.6) is 0 Å². The van der Waals surface area contributed by atoms with Gasteiger partial charge in [0.25, 0.3) is 0 Å². The Balaban J connectivity index is 2.33. The van der Waals surface area contributed by atoms with E-state index in [2.05, 4.69) is 13.6 Å². The number of anilines is 1. The zero-order valence-electron chi connectivity index (χ0n) is 15.0. The summed E-state index contributed by atoms with van der Waals surface area (Å²) in [5.41, 5.74) is 0.0884. The first kappa shape index (κ1) is 26.3. The van der Waals surface area contributed by atoms with Gasteiger partial charge in [-0.25, -0.2) is 18.2 Å². The van der Waals surface area contributed by atoms with Gasteiger partial charge in [0.2, 0.25) is 5.57 Å². The van der Waals surface area contributed by atoms with Crippen molar-refractivity contribution in [2.75, 3.05) is 11.6 Å². The molecule has 0 saturated carbocycles. The zero-order valence-corrected chi connectivity index (χ0v) is 18.4. The molecule has 2 unspecified atom stereocenters. The van der Waals surface area contributed by atoms with E-state index in [0.29, 0.717) is 0 Å². The fourth-order valence-electron chi connectivity index (χ4n) is 2.49. The van der Waals surface area contributed by atoms with Crippen molar-refractivity contribution in [1.29, 1.82) is 0 Å². The Hall–Kier alpha value is -0.990. The smallest absolute Gasteiger partial charge is 0.390 e. The number of nitrogen functional groups attached to an aromatic ring is 1. The van der Waals surface area contributed by atoms with Crippen LogP contribution < -0.4 is 11.4 Å². The average molecular weight is 530 g/mol. The number of aliphatic hydroxyl groups is 1. The zero-order chi connectivity index (χ0) is 23.8. The van der Waals surface area contributed by atoms with Crippen molar-refractivity contribution in [1.82, 2.24) is 9.55 Å². The molecule has 1 aromatic rings. The molecule has 2 rings (SSSR count). The van der Waals surface area contributed by atoms with Crippen LogP contribution in [0.3, 0.4) is 0 Å². The van der Waals surface area contributed by atoms with Gasteiger partial charge in [-0.2, -0.15) is 13.7 Å². The third-order valence-corrected chi connectivity index (χ3v) is 8.25. The van der Waals surface area contributed by atoms with E-state index in [0.717, 1.165) is 10.8 Å². The van der Waals surface area contributed by atoms with E-state index >= 15 is 0 Å². The minimum atomic E-state index is -5.91. The number of phosphoric acid groups is 2. The first-order chi connectivity index (χ1) is 14.0. The van der Waals surface area contributed by atoms with Gasteiger partial charge in [0.1, 0.15) is 17.6 Å². The summed E-state index contributed by atoms with van der Waals surface area (Å²) in [6, 6.07) is 1.23. The number of hydrogen-bond acceptors (Lipinski definition) is 10. The van der Waals surface area contributed by atoms with Gasteiger partial charge in [-0.3, -0.25) is 9.13 Å². The first-order valence-corrected chi connectivity index (χ1v) is 12.9. The number of ether oxygens (including phenoxy) is 1. The van der Waals surface area contributed by atoms with E-state index in [9.17, 15) is 32.9 Å². The molecule has 0 aliphatic carbocycles. The summed E-state index contributed by atoms with van der Waals surface area (Å²) in [5.74, 6) is -0.843. The molecule has 1 aliphatic rings. The quantitative estimate of drug-likeness (QED) is 0.196. The van der Waals surface area contributed by atoms with Crippen LogP contribution in [0.15, 0.2) is 28.7 Å². The molecule has 1 aliphatic heterocycles. The van der Waals surface area contributed by atoms with Crippen LogP contribution in [-0.4, -0.2) is 51.8 Å². The minimum absolute atomic E-state index is 0.112. The van der Waals surface area contributed by atoms with Crippen LogP contribution in [0.4, 0.5) is 10.2 Å². The lowest BCUT2D eigenvalue weighted by Gasteiger charge is -2.27. The fraction of sp³-hybridized carbons (Fsp3) is 0.455. The molecule has 0 radical (unpaired) electrons. The minimum Gasteiger partial charge on any atom is -0.390 e. The monoisotopic (exact) mass is 529 g/mol. The third kappa shape index (κ3) is 6.51. The second-order valence-corrected chi connectivity index (χ2v) is 11.0.